The molecule has 0 atom stereocenters. The smallest absolute Gasteiger partial charge is 0.226 e. The molecule has 0 fully saturated rings. The minimum atomic E-state index is -0.529. The van der Waals surface area contributed by atoms with Crippen LogP contribution in [0, 0.1) is 5.82 Å². The molecule has 1 aromatic carbocycles. The number of halogens is 2. The van der Waals surface area contributed by atoms with Gasteiger partial charge in [0.05, 0.1) is 5.02 Å². The number of carbonyl (C=O) groups is 2. The van der Waals surface area contributed by atoms with Crippen molar-refractivity contribution in [3.05, 3.63) is 29.0 Å². The zero-order chi connectivity index (χ0) is 16.5. The van der Waals surface area contributed by atoms with Crippen molar-refractivity contribution in [3.8, 4) is 0 Å². The lowest BCUT2D eigenvalue weighted by molar-refractivity contribution is -0.129. The highest BCUT2D eigenvalue weighted by molar-refractivity contribution is 6.31. The first kappa shape index (κ1) is 18.4. The van der Waals surface area contributed by atoms with Gasteiger partial charge in [0.1, 0.15) is 5.82 Å². The Labute approximate surface area is 135 Å². The van der Waals surface area contributed by atoms with Gasteiger partial charge in [-0.25, -0.2) is 4.39 Å². The lowest BCUT2D eigenvalue weighted by atomic mass is 10.2. The van der Waals surface area contributed by atoms with Crippen molar-refractivity contribution < 1.29 is 14.0 Å². The molecule has 0 aromatic heterocycles. The largest absolute Gasteiger partial charge is 0.342 e. The van der Waals surface area contributed by atoms with Crippen molar-refractivity contribution in [1.82, 2.24) is 4.90 Å². The molecule has 1 rings (SSSR count). The van der Waals surface area contributed by atoms with E-state index in [1.165, 1.54) is 25.1 Å². The minimum absolute atomic E-state index is 0.0336. The molecular weight excluding hydrogens is 307 g/mol. The van der Waals surface area contributed by atoms with Gasteiger partial charge in [-0.2, -0.15) is 0 Å². The van der Waals surface area contributed by atoms with Gasteiger partial charge in [0.2, 0.25) is 11.8 Å². The summed E-state index contributed by atoms with van der Waals surface area (Å²) >= 11 is 5.66. The van der Waals surface area contributed by atoms with Crippen LogP contribution in [0.15, 0.2) is 18.2 Å². The van der Waals surface area contributed by atoms with E-state index in [2.05, 4.69) is 12.2 Å². The highest BCUT2D eigenvalue weighted by Gasteiger charge is 2.11. The Hall–Kier alpha value is -1.62. The summed E-state index contributed by atoms with van der Waals surface area (Å²) in [5, 5.41) is 2.60. The number of nitrogens with zero attached hydrogens (tertiary/aromatic N) is 1. The molecule has 4 nitrogen and oxygen atoms in total. The number of amides is 2. The maximum atomic E-state index is 13.0. The van der Waals surface area contributed by atoms with Gasteiger partial charge in [-0.3, -0.25) is 9.59 Å². The fourth-order valence-electron chi connectivity index (χ4n) is 2.01. The van der Waals surface area contributed by atoms with E-state index in [0.29, 0.717) is 18.8 Å². The first-order valence-corrected chi connectivity index (χ1v) is 7.82. The molecule has 1 N–H and O–H groups in total. The van der Waals surface area contributed by atoms with Crippen LogP contribution in [0.3, 0.4) is 0 Å². The van der Waals surface area contributed by atoms with Gasteiger partial charge in [0.15, 0.2) is 0 Å². The molecule has 0 spiro atoms. The Kier molecular flexibility index (Phi) is 7.88. The van der Waals surface area contributed by atoms with Crippen LogP contribution in [0.2, 0.25) is 5.02 Å². The van der Waals surface area contributed by atoms with Crippen molar-refractivity contribution in [1.29, 1.82) is 0 Å². The topological polar surface area (TPSA) is 49.4 Å². The molecule has 2 amide bonds. The summed E-state index contributed by atoms with van der Waals surface area (Å²) in [6.45, 7) is 4.64. The number of carbonyl (C=O) groups excluding carboxylic acids is 2. The van der Waals surface area contributed by atoms with Crippen molar-refractivity contribution in [3.63, 3.8) is 0 Å². The minimum Gasteiger partial charge on any atom is -0.342 e. The molecule has 22 heavy (non-hydrogen) atoms. The number of nitrogens with one attached hydrogen (secondary N) is 1. The first-order chi connectivity index (χ1) is 10.4. The highest BCUT2D eigenvalue weighted by atomic mass is 35.5. The number of hydrogen-bond donors (Lipinski definition) is 1. The molecule has 1 aromatic rings. The van der Waals surface area contributed by atoms with Gasteiger partial charge in [-0.1, -0.05) is 31.4 Å². The maximum absolute atomic E-state index is 13.0. The van der Waals surface area contributed by atoms with Crippen LogP contribution in [0.1, 0.15) is 39.5 Å². The third kappa shape index (κ3) is 6.43. The van der Waals surface area contributed by atoms with E-state index in [1.54, 1.807) is 4.90 Å². The average molecular weight is 329 g/mol. The summed E-state index contributed by atoms with van der Waals surface area (Å²) < 4.78 is 13.0. The van der Waals surface area contributed by atoms with Crippen LogP contribution in [0.5, 0.6) is 0 Å². The zero-order valence-electron chi connectivity index (χ0n) is 13.0. The zero-order valence-corrected chi connectivity index (χ0v) is 13.8. The monoisotopic (exact) mass is 328 g/mol. The molecule has 122 valence electrons. The van der Waals surface area contributed by atoms with Crippen LogP contribution in [-0.2, 0) is 9.59 Å². The standard InChI is InChI=1S/C16H22ClFN2O2/c1-3-4-5-9-20(12(2)21)10-8-16(22)19-13-6-7-15(18)14(17)11-13/h6-7,11H,3-5,8-10H2,1-2H3,(H,19,22). The van der Waals surface area contributed by atoms with Crippen LogP contribution in [0.25, 0.3) is 0 Å². The number of benzene rings is 1. The second-order valence-electron chi connectivity index (χ2n) is 5.14. The van der Waals surface area contributed by atoms with Gasteiger partial charge in [0, 0.05) is 32.1 Å². The number of anilines is 1. The Morgan fingerprint density at radius 3 is 2.59 bits per heavy atom. The Morgan fingerprint density at radius 1 is 1.27 bits per heavy atom. The summed E-state index contributed by atoms with van der Waals surface area (Å²) in [5.41, 5.74) is 0.441. The third-order valence-corrected chi connectivity index (χ3v) is 3.58. The predicted molar refractivity (Wildman–Crippen MR) is 86.4 cm³/mol. The van der Waals surface area contributed by atoms with E-state index in [0.717, 1.165) is 19.3 Å². The Morgan fingerprint density at radius 2 is 2.00 bits per heavy atom. The fourth-order valence-corrected chi connectivity index (χ4v) is 2.19. The Bertz CT molecular complexity index is 523. The lowest BCUT2D eigenvalue weighted by Gasteiger charge is -2.20. The molecule has 0 aliphatic heterocycles. The van der Waals surface area contributed by atoms with E-state index in [-0.39, 0.29) is 23.3 Å². The van der Waals surface area contributed by atoms with Crippen LogP contribution in [0.4, 0.5) is 10.1 Å². The van der Waals surface area contributed by atoms with Crippen LogP contribution >= 0.6 is 11.6 Å². The first-order valence-electron chi connectivity index (χ1n) is 7.44. The van der Waals surface area contributed by atoms with Gasteiger partial charge in [-0.15, -0.1) is 0 Å². The predicted octanol–water partition coefficient (Wildman–Crippen LogP) is 3.85. The van der Waals surface area contributed by atoms with Gasteiger partial charge in [0.25, 0.3) is 0 Å². The quantitative estimate of drug-likeness (QED) is 0.737. The summed E-state index contributed by atoms with van der Waals surface area (Å²) in [4.78, 5) is 25.1. The molecule has 6 heteroatoms. The molecule has 0 radical (unpaired) electrons. The molecule has 0 aliphatic carbocycles. The van der Waals surface area contributed by atoms with Crippen LogP contribution in [-0.4, -0.2) is 29.8 Å². The summed E-state index contributed by atoms with van der Waals surface area (Å²) in [6.07, 6.45) is 3.27. The molecule has 0 heterocycles. The normalized spacial score (nSPS) is 10.4. The summed E-state index contributed by atoms with van der Waals surface area (Å²) in [7, 11) is 0. The molecule has 0 bridgehead atoms. The number of rotatable bonds is 8. The molecule has 0 saturated heterocycles. The van der Waals surface area contributed by atoms with Crippen molar-refractivity contribution in [2.24, 2.45) is 0 Å². The van der Waals surface area contributed by atoms with E-state index in [4.69, 9.17) is 11.6 Å². The van der Waals surface area contributed by atoms with Crippen molar-refractivity contribution >= 4 is 29.1 Å². The second-order valence-corrected chi connectivity index (χ2v) is 5.55. The maximum Gasteiger partial charge on any atom is 0.226 e. The highest BCUT2D eigenvalue weighted by Crippen LogP contribution is 2.19. The van der Waals surface area contributed by atoms with Gasteiger partial charge >= 0.3 is 0 Å². The Balaban J connectivity index is 2.45. The van der Waals surface area contributed by atoms with E-state index in [9.17, 15) is 14.0 Å². The third-order valence-electron chi connectivity index (χ3n) is 3.29. The number of unbranched alkanes of at least 4 members (excludes halogenated alkanes) is 2. The average Bonchev–Trinajstić information content (AvgIpc) is 2.46. The molecule has 0 aliphatic rings. The van der Waals surface area contributed by atoms with Gasteiger partial charge in [-0.05, 0) is 24.6 Å². The lowest BCUT2D eigenvalue weighted by Crippen LogP contribution is -2.32. The van der Waals surface area contributed by atoms with E-state index >= 15 is 0 Å². The second kappa shape index (κ2) is 9.41. The van der Waals surface area contributed by atoms with Crippen molar-refractivity contribution in [2.45, 2.75) is 39.5 Å². The van der Waals surface area contributed by atoms with E-state index in [1.807, 2.05) is 0 Å². The SMILES string of the molecule is CCCCCN(CCC(=O)Nc1ccc(F)c(Cl)c1)C(C)=O. The van der Waals surface area contributed by atoms with E-state index < -0.39 is 5.82 Å². The molecule has 0 saturated carbocycles. The number of hydrogen-bond acceptors (Lipinski definition) is 2. The van der Waals surface area contributed by atoms with Gasteiger partial charge < -0.3 is 10.2 Å². The fraction of sp³-hybridized carbons (Fsp3) is 0.500. The summed E-state index contributed by atoms with van der Waals surface area (Å²) in [6, 6.07) is 4.01. The van der Waals surface area contributed by atoms with Crippen LogP contribution < -0.4 is 5.32 Å². The summed E-state index contributed by atoms with van der Waals surface area (Å²) in [5.74, 6) is -0.795. The molecular formula is C16H22ClFN2O2. The molecule has 0 unspecified atom stereocenters. The van der Waals surface area contributed by atoms with Crippen molar-refractivity contribution in [2.75, 3.05) is 18.4 Å².